The van der Waals surface area contributed by atoms with Gasteiger partial charge in [-0.25, -0.2) is 0 Å². The van der Waals surface area contributed by atoms with Crippen molar-refractivity contribution >= 4 is 11.9 Å². The van der Waals surface area contributed by atoms with Crippen LogP contribution in [-0.2, 0) is 9.59 Å². The van der Waals surface area contributed by atoms with Gasteiger partial charge in [-0.15, -0.1) is 0 Å². The van der Waals surface area contributed by atoms with Crippen molar-refractivity contribution in [3.05, 3.63) is 0 Å². The van der Waals surface area contributed by atoms with Crippen molar-refractivity contribution in [2.75, 3.05) is 13.2 Å². The van der Waals surface area contributed by atoms with Crippen molar-refractivity contribution in [1.29, 1.82) is 0 Å². The van der Waals surface area contributed by atoms with E-state index >= 15 is 0 Å². The van der Waals surface area contributed by atoms with Gasteiger partial charge in [0.05, 0.1) is 12.5 Å². The van der Waals surface area contributed by atoms with E-state index in [2.05, 4.69) is 0 Å². The molecular formula is C13H23NO4. The molecule has 0 aromatic heterocycles. The van der Waals surface area contributed by atoms with E-state index in [1.54, 1.807) is 4.90 Å². The summed E-state index contributed by atoms with van der Waals surface area (Å²) in [7, 11) is 0. The smallest absolute Gasteiger partial charge is 0.306 e. The number of hydrogen-bond donors (Lipinski definition) is 2. The maximum Gasteiger partial charge on any atom is 0.306 e. The Labute approximate surface area is 108 Å². The standard InChI is InChI=1S/C13H23NO4/c1-9(2)14(7-8-15)12(16)10-3-5-11(6-4-10)13(17)18/h9-11,15H,3-8H2,1-2H3,(H,17,18). The Bertz CT molecular complexity index is 295. The van der Waals surface area contributed by atoms with Gasteiger partial charge in [-0.2, -0.15) is 0 Å². The fourth-order valence-corrected chi connectivity index (χ4v) is 2.55. The Hall–Kier alpha value is -1.10. The average Bonchev–Trinajstić information content (AvgIpc) is 2.35. The van der Waals surface area contributed by atoms with Crippen molar-refractivity contribution in [3.8, 4) is 0 Å². The van der Waals surface area contributed by atoms with Crippen LogP contribution in [0.2, 0.25) is 0 Å². The molecule has 0 radical (unpaired) electrons. The Morgan fingerprint density at radius 1 is 1.17 bits per heavy atom. The van der Waals surface area contributed by atoms with Crippen LogP contribution < -0.4 is 0 Å². The summed E-state index contributed by atoms with van der Waals surface area (Å²) >= 11 is 0. The molecule has 0 spiro atoms. The first kappa shape index (κ1) is 15.0. The molecule has 1 aliphatic rings. The predicted molar refractivity (Wildman–Crippen MR) is 67.0 cm³/mol. The topological polar surface area (TPSA) is 77.8 Å². The minimum Gasteiger partial charge on any atom is -0.481 e. The summed E-state index contributed by atoms with van der Waals surface area (Å²) in [6.45, 7) is 4.18. The molecule has 104 valence electrons. The van der Waals surface area contributed by atoms with Gasteiger partial charge in [-0.05, 0) is 39.5 Å². The van der Waals surface area contributed by atoms with Gasteiger partial charge in [0.1, 0.15) is 0 Å². The molecule has 0 unspecified atom stereocenters. The monoisotopic (exact) mass is 257 g/mol. The predicted octanol–water partition coefficient (Wildman–Crippen LogP) is 1.11. The highest BCUT2D eigenvalue weighted by Gasteiger charge is 2.32. The number of nitrogens with zero attached hydrogens (tertiary/aromatic N) is 1. The minimum atomic E-state index is -0.753. The largest absolute Gasteiger partial charge is 0.481 e. The quantitative estimate of drug-likeness (QED) is 0.773. The lowest BCUT2D eigenvalue weighted by Gasteiger charge is -2.33. The second-order valence-corrected chi connectivity index (χ2v) is 5.24. The molecule has 0 aromatic carbocycles. The minimum absolute atomic E-state index is 0.0333. The van der Waals surface area contributed by atoms with Crippen molar-refractivity contribution in [3.63, 3.8) is 0 Å². The number of carboxylic acid groups (broad SMARTS) is 1. The number of amides is 1. The molecule has 5 nitrogen and oxygen atoms in total. The lowest BCUT2D eigenvalue weighted by Crippen LogP contribution is -2.43. The highest BCUT2D eigenvalue weighted by molar-refractivity contribution is 5.79. The van der Waals surface area contributed by atoms with Crippen LogP contribution in [-0.4, -0.2) is 46.2 Å². The number of hydrogen-bond acceptors (Lipinski definition) is 3. The van der Waals surface area contributed by atoms with Gasteiger partial charge in [0.2, 0.25) is 5.91 Å². The van der Waals surface area contributed by atoms with E-state index in [9.17, 15) is 9.59 Å². The van der Waals surface area contributed by atoms with Crippen molar-refractivity contribution in [2.24, 2.45) is 11.8 Å². The lowest BCUT2D eigenvalue weighted by atomic mass is 9.81. The normalized spacial score (nSPS) is 24.0. The molecule has 1 aliphatic carbocycles. The molecule has 0 atom stereocenters. The summed E-state index contributed by atoms with van der Waals surface area (Å²) in [5, 5.41) is 17.9. The molecule has 5 heteroatoms. The molecule has 1 rings (SSSR count). The number of rotatable bonds is 5. The zero-order valence-corrected chi connectivity index (χ0v) is 11.1. The van der Waals surface area contributed by atoms with Gasteiger partial charge in [-0.3, -0.25) is 9.59 Å². The molecule has 0 aromatic rings. The first-order valence-electron chi connectivity index (χ1n) is 6.61. The SMILES string of the molecule is CC(C)N(CCO)C(=O)C1CCC(C(=O)O)CC1. The third-order valence-corrected chi connectivity index (χ3v) is 3.67. The summed E-state index contributed by atoms with van der Waals surface area (Å²) < 4.78 is 0. The first-order chi connectivity index (χ1) is 8.47. The fourth-order valence-electron chi connectivity index (χ4n) is 2.55. The maximum atomic E-state index is 12.3. The summed E-state index contributed by atoms with van der Waals surface area (Å²) in [5.41, 5.74) is 0. The molecule has 18 heavy (non-hydrogen) atoms. The van der Waals surface area contributed by atoms with Crippen LogP contribution >= 0.6 is 0 Å². The molecule has 1 saturated carbocycles. The maximum absolute atomic E-state index is 12.3. The number of aliphatic hydroxyl groups is 1. The molecular weight excluding hydrogens is 234 g/mol. The second kappa shape index (κ2) is 6.73. The lowest BCUT2D eigenvalue weighted by molar-refractivity contribution is -0.146. The van der Waals surface area contributed by atoms with Crippen LogP contribution in [0.1, 0.15) is 39.5 Å². The molecule has 2 N–H and O–H groups in total. The molecule has 0 bridgehead atoms. The van der Waals surface area contributed by atoms with E-state index < -0.39 is 5.97 Å². The number of carbonyl (C=O) groups excluding carboxylic acids is 1. The highest BCUT2D eigenvalue weighted by Crippen LogP contribution is 2.30. The van der Waals surface area contributed by atoms with E-state index in [0.717, 1.165) is 0 Å². The molecule has 0 heterocycles. The Morgan fingerprint density at radius 3 is 2.06 bits per heavy atom. The Balaban J connectivity index is 2.55. The van der Waals surface area contributed by atoms with Crippen molar-refractivity contribution < 1.29 is 19.8 Å². The second-order valence-electron chi connectivity index (χ2n) is 5.24. The van der Waals surface area contributed by atoms with Crippen LogP contribution in [0.3, 0.4) is 0 Å². The zero-order valence-electron chi connectivity index (χ0n) is 11.1. The van der Waals surface area contributed by atoms with Crippen molar-refractivity contribution in [1.82, 2.24) is 4.90 Å². The van der Waals surface area contributed by atoms with E-state index in [0.29, 0.717) is 32.2 Å². The summed E-state index contributed by atoms with van der Waals surface area (Å²) in [4.78, 5) is 24.8. The highest BCUT2D eigenvalue weighted by atomic mass is 16.4. The van der Waals surface area contributed by atoms with Gasteiger partial charge < -0.3 is 15.1 Å². The van der Waals surface area contributed by atoms with E-state index in [1.165, 1.54) is 0 Å². The Morgan fingerprint density at radius 2 is 1.67 bits per heavy atom. The summed E-state index contributed by atoms with van der Waals surface area (Å²) in [6, 6.07) is 0.0712. The van der Waals surface area contributed by atoms with Crippen molar-refractivity contribution in [2.45, 2.75) is 45.6 Å². The van der Waals surface area contributed by atoms with E-state index in [-0.39, 0.29) is 30.4 Å². The number of aliphatic hydroxyl groups excluding tert-OH is 1. The van der Waals surface area contributed by atoms with E-state index in [4.69, 9.17) is 10.2 Å². The van der Waals surface area contributed by atoms with Gasteiger partial charge >= 0.3 is 5.97 Å². The van der Waals surface area contributed by atoms with Gasteiger partial charge in [0, 0.05) is 18.5 Å². The zero-order chi connectivity index (χ0) is 13.7. The average molecular weight is 257 g/mol. The summed E-state index contributed by atoms with van der Waals surface area (Å²) in [6.07, 6.45) is 2.45. The fraction of sp³-hybridized carbons (Fsp3) is 0.846. The number of carboxylic acids is 1. The number of carbonyl (C=O) groups is 2. The van der Waals surface area contributed by atoms with Crippen LogP contribution in [0, 0.1) is 11.8 Å². The number of aliphatic carboxylic acids is 1. The van der Waals surface area contributed by atoms with Crippen LogP contribution in [0.25, 0.3) is 0 Å². The van der Waals surface area contributed by atoms with Crippen LogP contribution in [0.4, 0.5) is 0 Å². The third-order valence-electron chi connectivity index (χ3n) is 3.67. The molecule has 1 fully saturated rings. The van der Waals surface area contributed by atoms with Gasteiger partial charge in [-0.1, -0.05) is 0 Å². The molecule has 0 aliphatic heterocycles. The third kappa shape index (κ3) is 3.70. The molecule has 0 saturated heterocycles. The van der Waals surface area contributed by atoms with Gasteiger partial charge in [0.15, 0.2) is 0 Å². The molecule has 1 amide bonds. The van der Waals surface area contributed by atoms with Gasteiger partial charge in [0.25, 0.3) is 0 Å². The van der Waals surface area contributed by atoms with E-state index in [1.807, 2.05) is 13.8 Å². The Kier molecular flexibility index (Phi) is 5.59. The first-order valence-corrected chi connectivity index (χ1v) is 6.61. The van der Waals surface area contributed by atoms with Crippen LogP contribution in [0.15, 0.2) is 0 Å². The van der Waals surface area contributed by atoms with Crippen LogP contribution in [0.5, 0.6) is 0 Å². The summed E-state index contributed by atoms with van der Waals surface area (Å²) in [5.74, 6) is -1.06.